The highest BCUT2D eigenvalue weighted by molar-refractivity contribution is 7.89. The minimum Gasteiger partial charge on any atom is -0.496 e. The molecule has 0 saturated carbocycles. The highest BCUT2D eigenvalue weighted by Crippen LogP contribution is 2.34. The van der Waals surface area contributed by atoms with Gasteiger partial charge in [0.05, 0.1) is 12.0 Å². The summed E-state index contributed by atoms with van der Waals surface area (Å²) in [6.45, 7) is 11.1. The lowest BCUT2D eigenvalue weighted by Gasteiger charge is -2.32. The van der Waals surface area contributed by atoms with Crippen molar-refractivity contribution < 1.29 is 13.2 Å². The van der Waals surface area contributed by atoms with E-state index in [1.807, 2.05) is 19.1 Å². The van der Waals surface area contributed by atoms with E-state index in [-0.39, 0.29) is 18.3 Å². The van der Waals surface area contributed by atoms with Gasteiger partial charge in [0.2, 0.25) is 10.0 Å². The number of aryl methyl sites for hydroxylation is 1. The third-order valence-corrected chi connectivity index (χ3v) is 7.57. The smallest absolute Gasteiger partial charge is 0.243 e. The molecule has 0 amide bonds. The molecule has 2 aliphatic heterocycles. The molecule has 1 unspecified atom stereocenters. The van der Waals surface area contributed by atoms with Crippen molar-refractivity contribution in [1.82, 2.24) is 14.5 Å². The van der Waals surface area contributed by atoms with Crippen LogP contribution in [0.25, 0.3) is 0 Å². The normalized spacial score (nSPS) is 22.0. The first-order valence-electron chi connectivity index (χ1n) is 9.48. The lowest BCUT2D eigenvalue weighted by atomic mass is 10.0. The quantitative estimate of drug-likeness (QED) is 0.795. The minimum absolute atomic E-state index is 0. The van der Waals surface area contributed by atoms with Gasteiger partial charge in [0, 0.05) is 45.3 Å². The minimum atomic E-state index is -3.49. The zero-order valence-electron chi connectivity index (χ0n) is 16.7. The number of piperazine rings is 1. The van der Waals surface area contributed by atoms with Crippen molar-refractivity contribution in [2.45, 2.75) is 44.0 Å². The van der Waals surface area contributed by atoms with E-state index in [9.17, 15) is 8.42 Å². The Morgan fingerprint density at radius 1 is 1.19 bits per heavy atom. The van der Waals surface area contributed by atoms with Gasteiger partial charge in [-0.1, -0.05) is 13.8 Å². The fourth-order valence-corrected chi connectivity index (χ4v) is 5.73. The Hall–Kier alpha value is -0.860. The number of nitrogens with one attached hydrogen (secondary N) is 1. The van der Waals surface area contributed by atoms with Crippen molar-refractivity contribution in [3.8, 4) is 5.75 Å². The predicted molar refractivity (Wildman–Crippen MR) is 111 cm³/mol. The van der Waals surface area contributed by atoms with Crippen LogP contribution in [-0.2, 0) is 10.0 Å². The van der Waals surface area contributed by atoms with E-state index in [1.165, 1.54) is 0 Å². The van der Waals surface area contributed by atoms with Crippen molar-refractivity contribution in [3.05, 3.63) is 23.3 Å². The number of nitrogens with zero attached hydrogens (tertiary/aromatic N) is 2. The van der Waals surface area contributed by atoms with Crippen molar-refractivity contribution in [1.29, 1.82) is 0 Å². The maximum atomic E-state index is 13.3. The molecule has 1 aromatic rings. The summed E-state index contributed by atoms with van der Waals surface area (Å²) >= 11 is 0. The predicted octanol–water partition coefficient (Wildman–Crippen LogP) is 2.22. The maximum Gasteiger partial charge on any atom is 0.243 e. The Kier molecular flexibility index (Phi) is 7.55. The Bertz CT molecular complexity index is 749. The number of benzene rings is 1. The van der Waals surface area contributed by atoms with Gasteiger partial charge in [-0.05, 0) is 42.5 Å². The number of methoxy groups -OCH3 is 1. The number of rotatable bonds is 5. The van der Waals surface area contributed by atoms with E-state index in [0.29, 0.717) is 24.0 Å². The molecule has 6 nitrogen and oxygen atoms in total. The van der Waals surface area contributed by atoms with Crippen LogP contribution in [0.4, 0.5) is 0 Å². The summed E-state index contributed by atoms with van der Waals surface area (Å²) < 4.78 is 33.7. The lowest BCUT2D eigenvalue weighted by Crippen LogP contribution is -2.49. The molecule has 0 aliphatic carbocycles. The molecule has 0 radical (unpaired) electrons. The summed E-state index contributed by atoms with van der Waals surface area (Å²) in [5.41, 5.74) is 1.69. The summed E-state index contributed by atoms with van der Waals surface area (Å²) in [7, 11) is -1.85. The molecule has 154 valence electrons. The van der Waals surface area contributed by atoms with Gasteiger partial charge in [-0.25, -0.2) is 8.42 Å². The largest absolute Gasteiger partial charge is 0.496 e. The molecule has 1 N–H and O–H groups in total. The molecular formula is C19H32ClN3O3S. The second-order valence-corrected chi connectivity index (χ2v) is 9.51. The Morgan fingerprint density at radius 3 is 2.44 bits per heavy atom. The summed E-state index contributed by atoms with van der Waals surface area (Å²) in [6.07, 6.45) is 0.908. The molecule has 3 rings (SSSR count). The van der Waals surface area contributed by atoms with E-state index in [2.05, 4.69) is 24.1 Å². The third kappa shape index (κ3) is 4.59. The number of sulfonamides is 1. The average Bonchev–Trinajstić information content (AvgIpc) is 3.12. The number of halogens is 1. The fourth-order valence-electron chi connectivity index (χ4n) is 4.00. The van der Waals surface area contributed by atoms with Crippen LogP contribution in [0.2, 0.25) is 0 Å². The first kappa shape index (κ1) is 22.4. The highest BCUT2D eigenvalue weighted by atomic mass is 35.5. The van der Waals surface area contributed by atoms with E-state index in [4.69, 9.17) is 4.74 Å². The summed E-state index contributed by atoms with van der Waals surface area (Å²) in [6, 6.07) is 3.99. The highest BCUT2D eigenvalue weighted by Gasteiger charge is 2.36. The molecule has 1 atom stereocenters. The van der Waals surface area contributed by atoms with E-state index in [1.54, 1.807) is 11.4 Å². The zero-order chi connectivity index (χ0) is 18.9. The van der Waals surface area contributed by atoms with Crippen LogP contribution < -0.4 is 10.1 Å². The van der Waals surface area contributed by atoms with E-state index in [0.717, 1.165) is 49.5 Å². The lowest BCUT2D eigenvalue weighted by molar-refractivity contribution is 0.179. The monoisotopic (exact) mass is 417 g/mol. The second kappa shape index (κ2) is 9.09. The van der Waals surface area contributed by atoms with Crippen LogP contribution in [0, 0.1) is 6.92 Å². The molecule has 8 heteroatoms. The van der Waals surface area contributed by atoms with E-state index < -0.39 is 10.0 Å². The van der Waals surface area contributed by atoms with Gasteiger partial charge in [-0.2, -0.15) is 4.31 Å². The van der Waals surface area contributed by atoms with Crippen LogP contribution in [0.3, 0.4) is 0 Å². The zero-order valence-corrected chi connectivity index (χ0v) is 18.3. The Balaban J connectivity index is 0.00000261. The van der Waals surface area contributed by atoms with Crippen LogP contribution in [0.5, 0.6) is 5.75 Å². The van der Waals surface area contributed by atoms with E-state index >= 15 is 0 Å². The fraction of sp³-hybridized carbons (Fsp3) is 0.684. The molecule has 0 aromatic heterocycles. The van der Waals surface area contributed by atoms with Crippen LogP contribution in [-0.4, -0.2) is 70.0 Å². The first-order chi connectivity index (χ1) is 12.3. The number of ether oxygens (including phenoxy) is 1. The Labute approximate surface area is 169 Å². The van der Waals surface area contributed by atoms with Crippen molar-refractivity contribution in [2.75, 3.05) is 46.4 Å². The molecule has 2 aliphatic rings. The van der Waals surface area contributed by atoms with Crippen LogP contribution in [0.1, 0.15) is 37.3 Å². The maximum absolute atomic E-state index is 13.3. The molecule has 27 heavy (non-hydrogen) atoms. The van der Waals surface area contributed by atoms with Crippen LogP contribution >= 0.6 is 12.4 Å². The van der Waals surface area contributed by atoms with Gasteiger partial charge in [-0.15, -0.1) is 12.4 Å². The number of hydrogen-bond acceptors (Lipinski definition) is 5. The Morgan fingerprint density at radius 2 is 1.85 bits per heavy atom. The van der Waals surface area contributed by atoms with Gasteiger partial charge in [0.1, 0.15) is 5.75 Å². The molecular weight excluding hydrogens is 386 g/mol. The molecule has 0 bridgehead atoms. The summed E-state index contributed by atoms with van der Waals surface area (Å²) in [5, 5.41) is 3.36. The van der Waals surface area contributed by atoms with Gasteiger partial charge in [-0.3, -0.25) is 4.90 Å². The van der Waals surface area contributed by atoms with Gasteiger partial charge >= 0.3 is 0 Å². The third-order valence-electron chi connectivity index (χ3n) is 5.56. The van der Waals surface area contributed by atoms with Crippen molar-refractivity contribution in [2.24, 2.45) is 0 Å². The molecule has 2 saturated heterocycles. The molecule has 1 aromatic carbocycles. The summed E-state index contributed by atoms with van der Waals surface area (Å²) in [4.78, 5) is 2.84. The number of hydrogen-bond donors (Lipinski definition) is 1. The standard InChI is InChI=1S/C19H31N3O3S.ClH/c1-14(2)17-12-19(15(3)11-18(17)25-4)26(23,24)22-8-5-16(13-22)21-9-6-20-7-10-21;/h11-12,14,16,20H,5-10,13H2,1-4H3;1H. The molecule has 2 fully saturated rings. The van der Waals surface area contributed by atoms with Gasteiger partial charge in [0.15, 0.2) is 0 Å². The summed E-state index contributed by atoms with van der Waals surface area (Å²) in [5.74, 6) is 0.961. The van der Waals surface area contributed by atoms with Crippen LogP contribution in [0.15, 0.2) is 17.0 Å². The van der Waals surface area contributed by atoms with Gasteiger partial charge < -0.3 is 10.1 Å². The van der Waals surface area contributed by atoms with Crippen molar-refractivity contribution in [3.63, 3.8) is 0 Å². The average molecular weight is 418 g/mol. The topological polar surface area (TPSA) is 61.9 Å². The first-order valence-corrected chi connectivity index (χ1v) is 10.9. The molecule has 2 heterocycles. The van der Waals surface area contributed by atoms with Crippen molar-refractivity contribution >= 4 is 22.4 Å². The second-order valence-electron chi connectivity index (χ2n) is 7.61. The van der Waals surface area contributed by atoms with Gasteiger partial charge in [0.25, 0.3) is 0 Å². The molecule has 0 spiro atoms. The SMILES string of the molecule is COc1cc(C)c(S(=O)(=O)N2CCC(N3CCNCC3)C2)cc1C(C)C.Cl.